The van der Waals surface area contributed by atoms with Gasteiger partial charge in [-0.3, -0.25) is 4.79 Å². The van der Waals surface area contributed by atoms with E-state index in [2.05, 4.69) is 9.97 Å². The van der Waals surface area contributed by atoms with E-state index in [1.54, 1.807) is 47.7 Å². The van der Waals surface area contributed by atoms with Gasteiger partial charge in [-0.2, -0.15) is 10.4 Å². The highest BCUT2D eigenvalue weighted by molar-refractivity contribution is 5.99. The topological polar surface area (TPSA) is 143 Å². The number of rotatable bonds is 7. The van der Waals surface area contributed by atoms with Crippen LogP contribution in [0.3, 0.4) is 0 Å². The number of benzene rings is 2. The maximum absolute atomic E-state index is 15.5. The molecule has 1 fully saturated rings. The van der Waals surface area contributed by atoms with Crippen molar-refractivity contribution in [1.29, 1.82) is 5.26 Å². The number of aromatic nitrogens is 4. The summed E-state index contributed by atoms with van der Waals surface area (Å²) in [5.74, 6) is 0.105. The van der Waals surface area contributed by atoms with Crippen LogP contribution in [0.4, 0.5) is 10.2 Å². The van der Waals surface area contributed by atoms with Crippen molar-refractivity contribution in [2.45, 2.75) is 32.7 Å². The number of aliphatic hydroxyl groups excluding tert-OH is 1. The minimum absolute atomic E-state index is 0.0258. The molecule has 1 atom stereocenters. The summed E-state index contributed by atoms with van der Waals surface area (Å²) in [4.78, 5) is 23.4. The van der Waals surface area contributed by atoms with Crippen LogP contribution in [0.25, 0.3) is 22.3 Å². The zero-order valence-electron chi connectivity index (χ0n) is 22.8. The Morgan fingerprint density at radius 3 is 2.73 bits per heavy atom. The molecule has 2 aromatic heterocycles. The zero-order valence-corrected chi connectivity index (χ0v) is 22.8. The van der Waals surface area contributed by atoms with Crippen molar-refractivity contribution >= 4 is 22.8 Å². The minimum atomic E-state index is -0.719. The van der Waals surface area contributed by atoms with E-state index >= 15 is 4.39 Å². The van der Waals surface area contributed by atoms with Gasteiger partial charge in [0, 0.05) is 30.1 Å². The quantitative estimate of drug-likeness (QED) is 0.248. The van der Waals surface area contributed by atoms with E-state index in [0.717, 1.165) is 0 Å². The normalized spacial score (nSPS) is 16.0. The summed E-state index contributed by atoms with van der Waals surface area (Å²) < 4.78 is 22.9. The van der Waals surface area contributed by atoms with Gasteiger partial charge in [0.25, 0.3) is 5.91 Å². The van der Waals surface area contributed by atoms with Crippen molar-refractivity contribution in [2.24, 2.45) is 5.41 Å². The number of para-hydroxylation sites is 1. The first-order valence-corrected chi connectivity index (χ1v) is 13.3. The number of likely N-dealkylation sites (tertiary alicyclic amines) is 1. The molecule has 0 unspecified atom stereocenters. The molecule has 0 spiro atoms. The molecule has 4 aromatic rings. The second-order valence-corrected chi connectivity index (χ2v) is 10.7. The van der Waals surface area contributed by atoms with Crippen molar-refractivity contribution in [3.05, 3.63) is 72.3 Å². The molecule has 3 heterocycles. The molecule has 1 aliphatic heterocycles. The number of nitrogens with zero attached hydrogens (tertiary/aromatic N) is 6. The Labute approximate surface area is 236 Å². The summed E-state index contributed by atoms with van der Waals surface area (Å²) in [5, 5.41) is 24.4. The number of fused-ring (bicyclic) bond motifs is 1. The van der Waals surface area contributed by atoms with Crippen LogP contribution in [-0.4, -0.2) is 55.4 Å². The number of anilines is 1. The summed E-state index contributed by atoms with van der Waals surface area (Å²) >= 11 is 0. The number of hydrogen-bond donors (Lipinski definition) is 2. The monoisotopic (exact) mass is 555 g/mol. The number of halogens is 1. The number of hydrogen-bond acceptors (Lipinski definition) is 8. The molecule has 1 saturated heterocycles. The van der Waals surface area contributed by atoms with Crippen molar-refractivity contribution in [2.75, 3.05) is 25.4 Å². The first-order chi connectivity index (χ1) is 19.7. The summed E-state index contributed by atoms with van der Waals surface area (Å²) in [5.41, 5.74) is 6.42. The van der Waals surface area contributed by atoms with E-state index in [4.69, 9.17) is 15.6 Å². The van der Waals surface area contributed by atoms with Gasteiger partial charge < -0.3 is 20.5 Å². The Kier molecular flexibility index (Phi) is 7.68. The summed E-state index contributed by atoms with van der Waals surface area (Å²) in [6.07, 6.45) is 4.17. The van der Waals surface area contributed by atoms with E-state index in [-0.39, 0.29) is 41.8 Å². The van der Waals surface area contributed by atoms with Crippen LogP contribution < -0.4 is 10.5 Å². The number of nitriles is 1. The molecule has 10 nitrogen and oxygen atoms in total. The van der Waals surface area contributed by atoms with Crippen LogP contribution >= 0.6 is 0 Å². The van der Waals surface area contributed by atoms with E-state index in [1.165, 1.54) is 18.5 Å². The Balaban J connectivity index is 1.48. The van der Waals surface area contributed by atoms with Crippen LogP contribution in [0, 0.1) is 22.6 Å². The Morgan fingerprint density at radius 2 is 2.02 bits per heavy atom. The van der Waals surface area contributed by atoms with Crippen molar-refractivity contribution in [1.82, 2.24) is 24.6 Å². The molecule has 11 heteroatoms. The molecule has 5 rings (SSSR count). The van der Waals surface area contributed by atoms with Crippen molar-refractivity contribution in [3.8, 4) is 28.8 Å². The molecule has 3 N–H and O–H groups in total. The maximum Gasteiger partial charge on any atom is 0.264 e. The molecular formula is C30H30FN7O3. The minimum Gasteiger partial charge on any atom is -0.457 e. The van der Waals surface area contributed by atoms with E-state index < -0.39 is 17.1 Å². The number of aliphatic hydroxyl groups is 1. The van der Waals surface area contributed by atoms with Crippen LogP contribution in [0.5, 0.6) is 11.5 Å². The summed E-state index contributed by atoms with van der Waals surface area (Å²) in [7, 11) is 0. The van der Waals surface area contributed by atoms with Crippen molar-refractivity contribution < 1.29 is 19.0 Å². The number of nitrogens with two attached hydrogens (primary N) is 1. The Hall–Kier alpha value is -4.82. The fourth-order valence-corrected chi connectivity index (χ4v) is 4.90. The van der Waals surface area contributed by atoms with Crippen LogP contribution in [0.1, 0.15) is 32.7 Å². The lowest BCUT2D eigenvalue weighted by molar-refractivity contribution is -0.128. The lowest BCUT2D eigenvalue weighted by atomic mass is 9.91. The second kappa shape index (κ2) is 11.3. The average molecular weight is 556 g/mol. The Bertz CT molecular complexity index is 1660. The average Bonchev–Trinajstić information content (AvgIpc) is 3.37. The highest BCUT2D eigenvalue weighted by Crippen LogP contribution is 2.36. The summed E-state index contributed by atoms with van der Waals surface area (Å²) in [6, 6.07) is 15.3. The molecule has 2 aromatic carbocycles. The molecule has 210 valence electrons. The molecule has 1 amide bonds. The van der Waals surface area contributed by atoms with Gasteiger partial charge in [-0.1, -0.05) is 38.1 Å². The number of carbonyl (C=O) groups excluding carboxylic acids is 1. The van der Waals surface area contributed by atoms with Gasteiger partial charge in [-0.05, 0) is 37.1 Å². The standard InChI is InChI=1S/C30H30FN7O3/c1-30(2,17-39)14-19(15-32)29(40)37-12-6-7-20(16-37)38-28-25(27(33)34-18-35-28)26(36-38)23-11-10-22(13-24(23)31)41-21-8-4-3-5-9-21/h3-5,8-11,13-14,18,20,39H,6-7,12,16-17H2,1-2H3,(H2,33,34,35)/b19-14+/t20-/m1/s1. The highest BCUT2D eigenvalue weighted by atomic mass is 19.1. The van der Waals surface area contributed by atoms with Crippen LogP contribution in [0.2, 0.25) is 0 Å². The van der Waals surface area contributed by atoms with E-state index in [9.17, 15) is 15.2 Å². The first kappa shape index (κ1) is 27.7. The van der Waals surface area contributed by atoms with Crippen LogP contribution in [0.15, 0.2) is 66.5 Å². The lowest BCUT2D eigenvalue weighted by Crippen LogP contribution is -2.41. The predicted molar refractivity (Wildman–Crippen MR) is 151 cm³/mol. The predicted octanol–water partition coefficient (Wildman–Crippen LogP) is 4.64. The lowest BCUT2D eigenvalue weighted by Gasteiger charge is -2.33. The van der Waals surface area contributed by atoms with Gasteiger partial charge in [0.15, 0.2) is 5.65 Å². The fourth-order valence-electron chi connectivity index (χ4n) is 4.90. The first-order valence-electron chi connectivity index (χ1n) is 13.3. The highest BCUT2D eigenvalue weighted by Gasteiger charge is 2.31. The molecule has 0 aliphatic carbocycles. The largest absolute Gasteiger partial charge is 0.457 e. The molecule has 0 saturated carbocycles. The van der Waals surface area contributed by atoms with Gasteiger partial charge in [0.1, 0.15) is 46.8 Å². The zero-order chi connectivity index (χ0) is 29.1. The smallest absolute Gasteiger partial charge is 0.264 e. The van der Waals surface area contributed by atoms with E-state index in [0.29, 0.717) is 41.9 Å². The maximum atomic E-state index is 15.5. The third kappa shape index (κ3) is 5.73. The second-order valence-electron chi connectivity index (χ2n) is 10.7. The van der Waals surface area contributed by atoms with Gasteiger partial charge in [-0.15, -0.1) is 0 Å². The molecule has 41 heavy (non-hydrogen) atoms. The fraction of sp³-hybridized carbons (Fsp3) is 0.300. The number of piperidine rings is 1. The number of amides is 1. The van der Waals surface area contributed by atoms with Gasteiger partial charge in [-0.25, -0.2) is 19.0 Å². The summed E-state index contributed by atoms with van der Waals surface area (Å²) in [6.45, 7) is 4.03. The molecule has 1 aliphatic rings. The van der Waals surface area contributed by atoms with Gasteiger partial charge in [0.2, 0.25) is 0 Å². The number of carbonyl (C=O) groups is 1. The SMILES string of the molecule is CC(C)(/C=C(\C#N)C(=O)N1CCC[C@@H](n2nc(-c3ccc(Oc4ccccc4)cc3F)c3c(N)ncnc32)C1)CO. The molecule has 0 bridgehead atoms. The van der Waals surface area contributed by atoms with Gasteiger partial charge in [0.05, 0.1) is 18.0 Å². The molecule has 0 radical (unpaired) electrons. The Morgan fingerprint density at radius 1 is 1.24 bits per heavy atom. The molecular weight excluding hydrogens is 525 g/mol. The van der Waals surface area contributed by atoms with E-state index in [1.807, 2.05) is 24.3 Å². The number of nitrogen functional groups attached to an aromatic ring is 1. The third-order valence-electron chi connectivity index (χ3n) is 7.02. The van der Waals surface area contributed by atoms with Gasteiger partial charge >= 0.3 is 0 Å². The third-order valence-corrected chi connectivity index (χ3v) is 7.02. The number of ether oxygens (including phenoxy) is 1. The van der Waals surface area contributed by atoms with Crippen LogP contribution in [-0.2, 0) is 4.79 Å². The van der Waals surface area contributed by atoms with Crippen molar-refractivity contribution in [3.63, 3.8) is 0 Å².